The number of nitrogens with one attached hydrogen (secondary N) is 2. The van der Waals surface area contributed by atoms with Gasteiger partial charge in [0.05, 0.1) is 12.3 Å². The predicted molar refractivity (Wildman–Crippen MR) is 86.8 cm³/mol. The number of rotatable bonds is 6. The van der Waals surface area contributed by atoms with E-state index in [1.54, 1.807) is 42.1 Å². The fourth-order valence-electron chi connectivity index (χ4n) is 1.92. The van der Waals surface area contributed by atoms with E-state index < -0.39 is 5.97 Å². The Kier molecular flexibility index (Phi) is 5.74. The van der Waals surface area contributed by atoms with Crippen LogP contribution in [-0.2, 0) is 4.74 Å². The Hall–Kier alpha value is -2.83. The van der Waals surface area contributed by atoms with Gasteiger partial charge in [0.15, 0.2) is 5.69 Å². The van der Waals surface area contributed by atoms with Crippen LogP contribution in [0.1, 0.15) is 30.8 Å². The second-order valence-corrected chi connectivity index (χ2v) is 4.80. The molecule has 7 heteroatoms. The Balaban J connectivity index is 2.10. The molecule has 1 aromatic carbocycles. The Morgan fingerprint density at radius 1 is 1.26 bits per heavy atom. The summed E-state index contributed by atoms with van der Waals surface area (Å²) in [6, 6.07) is 8.52. The van der Waals surface area contributed by atoms with E-state index in [-0.39, 0.29) is 11.7 Å². The summed E-state index contributed by atoms with van der Waals surface area (Å²) in [5.41, 5.74) is 1.61. The lowest BCUT2D eigenvalue weighted by Gasteiger charge is -2.08. The van der Waals surface area contributed by atoms with Crippen LogP contribution in [0.5, 0.6) is 0 Å². The fraction of sp³-hybridized carbons (Fsp3) is 0.312. The molecule has 0 atom stereocenters. The summed E-state index contributed by atoms with van der Waals surface area (Å²) in [6.45, 7) is 4.65. The van der Waals surface area contributed by atoms with Gasteiger partial charge >= 0.3 is 12.0 Å². The minimum absolute atomic E-state index is 0.242. The number of ether oxygens (including phenoxy) is 1. The van der Waals surface area contributed by atoms with E-state index in [0.717, 1.165) is 12.1 Å². The minimum Gasteiger partial charge on any atom is -0.461 e. The molecule has 0 saturated heterocycles. The van der Waals surface area contributed by atoms with Crippen molar-refractivity contribution in [3.05, 3.63) is 42.2 Å². The highest BCUT2D eigenvalue weighted by Crippen LogP contribution is 2.14. The molecular formula is C16H20N4O3. The quantitative estimate of drug-likeness (QED) is 0.802. The second-order valence-electron chi connectivity index (χ2n) is 4.80. The maximum absolute atomic E-state index is 11.7. The number of anilines is 1. The molecular weight excluding hydrogens is 296 g/mol. The molecule has 0 unspecified atom stereocenters. The Labute approximate surface area is 134 Å². The predicted octanol–water partition coefficient (Wildman–Crippen LogP) is 2.58. The highest BCUT2D eigenvalue weighted by molar-refractivity contribution is 5.89. The highest BCUT2D eigenvalue weighted by Gasteiger charge is 2.11. The molecule has 0 aliphatic carbocycles. The topological polar surface area (TPSA) is 85.2 Å². The zero-order valence-corrected chi connectivity index (χ0v) is 13.2. The van der Waals surface area contributed by atoms with Gasteiger partial charge in [-0.05, 0) is 37.6 Å². The van der Waals surface area contributed by atoms with E-state index in [9.17, 15) is 9.59 Å². The van der Waals surface area contributed by atoms with E-state index in [1.165, 1.54) is 0 Å². The summed E-state index contributed by atoms with van der Waals surface area (Å²) in [5.74, 6) is -0.459. The first-order chi connectivity index (χ1) is 11.1. The molecule has 0 spiro atoms. The molecule has 1 heterocycles. The van der Waals surface area contributed by atoms with Crippen molar-refractivity contribution in [2.45, 2.75) is 20.3 Å². The van der Waals surface area contributed by atoms with Crippen LogP contribution in [-0.4, -0.2) is 34.9 Å². The van der Waals surface area contributed by atoms with Gasteiger partial charge in [-0.2, -0.15) is 5.10 Å². The van der Waals surface area contributed by atoms with E-state index in [0.29, 0.717) is 18.8 Å². The average Bonchev–Trinajstić information content (AvgIpc) is 3.03. The molecule has 0 radical (unpaired) electrons. The number of carbonyl (C=O) groups excluding carboxylic acids is 2. The molecule has 23 heavy (non-hydrogen) atoms. The van der Waals surface area contributed by atoms with Crippen molar-refractivity contribution in [1.29, 1.82) is 0 Å². The van der Waals surface area contributed by atoms with Gasteiger partial charge in [0.1, 0.15) is 0 Å². The summed E-state index contributed by atoms with van der Waals surface area (Å²) in [6.07, 6.45) is 2.54. The summed E-state index contributed by atoms with van der Waals surface area (Å²) in [4.78, 5) is 23.3. The van der Waals surface area contributed by atoms with Gasteiger partial charge in [0.25, 0.3) is 0 Å². The van der Waals surface area contributed by atoms with Crippen LogP contribution in [0.15, 0.2) is 36.5 Å². The third-order valence-electron chi connectivity index (χ3n) is 2.98. The number of nitrogens with zero attached hydrogens (tertiary/aromatic N) is 2. The number of hydrogen-bond acceptors (Lipinski definition) is 4. The molecule has 0 aliphatic heterocycles. The Morgan fingerprint density at radius 2 is 2.09 bits per heavy atom. The molecule has 0 fully saturated rings. The largest absolute Gasteiger partial charge is 0.461 e. The van der Waals surface area contributed by atoms with Crippen molar-refractivity contribution >= 4 is 17.7 Å². The number of esters is 1. The maximum Gasteiger partial charge on any atom is 0.358 e. The van der Waals surface area contributed by atoms with E-state index in [4.69, 9.17) is 4.74 Å². The molecule has 7 nitrogen and oxygen atoms in total. The van der Waals surface area contributed by atoms with Crippen molar-refractivity contribution in [3.8, 4) is 5.69 Å². The molecule has 0 aliphatic rings. The summed E-state index contributed by atoms with van der Waals surface area (Å²) in [7, 11) is 0. The maximum atomic E-state index is 11.7. The summed E-state index contributed by atoms with van der Waals surface area (Å²) in [5, 5.41) is 9.68. The van der Waals surface area contributed by atoms with Gasteiger partial charge in [-0.1, -0.05) is 13.0 Å². The fourth-order valence-corrected chi connectivity index (χ4v) is 1.92. The van der Waals surface area contributed by atoms with Crippen molar-refractivity contribution in [3.63, 3.8) is 0 Å². The lowest BCUT2D eigenvalue weighted by atomic mass is 10.3. The number of urea groups is 1. The van der Waals surface area contributed by atoms with E-state index in [2.05, 4.69) is 15.7 Å². The zero-order valence-electron chi connectivity index (χ0n) is 13.2. The lowest BCUT2D eigenvalue weighted by Crippen LogP contribution is -2.29. The number of hydrogen-bond donors (Lipinski definition) is 2. The number of aromatic nitrogens is 2. The normalized spacial score (nSPS) is 10.2. The summed E-state index contributed by atoms with van der Waals surface area (Å²) < 4.78 is 6.47. The molecule has 122 valence electrons. The van der Waals surface area contributed by atoms with Crippen molar-refractivity contribution in [2.75, 3.05) is 18.5 Å². The van der Waals surface area contributed by atoms with E-state index in [1.807, 2.05) is 13.0 Å². The third-order valence-corrected chi connectivity index (χ3v) is 2.98. The van der Waals surface area contributed by atoms with Crippen molar-refractivity contribution in [2.24, 2.45) is 0 Å². The van der Waals surface area contributed by atoms with Gasteiger partial charge in [0.2, 0.25) is 0 Å². The van der Waals surface area contributed by atoms with Gasteiger partial charge in [-0.25, -0.2) is 14.3 Å². The van der Waals surface area contributed by atoms with Crippen LogP contribution in [0, 0.1) is 0 Å². The molecule has 2 N–H and O–H groups in total. The Bertz CT molecular complexity index is 681. The van der Waals surface area contributed by atoms with Crippen LogP contribution < -0.4 is 10.6 Å². The monoisotopic (exact) mass is 316 g/mol. The number of carbonyl (C=O) groups is 2. The average molecular weight is 316 g/mol. The third kappa shape index (κ3) is 4.57. The molecule has 1 aromatic heterocycles. The number of amides is 2. The highest BCUT2D eigenvalue weighted by atomic mass is 16.5. The smallest absolute Gasteiger partial charge is 0.358 e. The minimum atomic E-state index is -0.459. The van der Waals surface area contributed by atoms with Crippen molar-refractivity contribution in [1.82, 2.24) is 15.1 Å². The van der Waals surface area contributed by atoms with Gasteiger partial charge in [0, 0.05) is 18.4 Å². The van der Waals surface area contributed by atoms with Crippen LogP contribution >= 0.6 is 0 Å². The molecule has 0 bridgehead atoms. The lowest BCUT2D eigenvalue weighted by molar-refractivity contribution is 0.0519. The van der Waals surface area contributed by atoms with Gasteiger partial charge in [-0.15, -0.1) is 0 Å². The first-order valence-corrected chi connectivity index (χ1v) is 7.52. The van der Waals surface area contributed by atoms with E-state index >= 15 is 0 Å². The second kappa shape index (κ2) is 7.98. The summed E-state index contributed by atoms with van der Waals surface area (Å²) >= 11 is 0. The standard InChI is InChI=1S/C16H20N4O3/c1-3-9-17-16(22)18-12-6-5-7-13(11-12)20-10-8-14(19-20)15(21)23-4-2/h5-8,10-11H,3-4,9H2,1-2H3,(H2,17,18,22). The van der Waals surface area contributed by atoms with Gasteiger partial charge < -0.3 is 15.4 Å². The SMILES string of the molecule is CCCNC(=O)Nc1cccc(-n2ccc(C(=O)OCC)n2)c1. The van der Waals surface area contributed by atoms with Crippen molar-refractivity contribution < 1.29 is 14.3 Å². The molecule has 2 aromatic rings. The van der Waals surface area contributed by atoms with Gasteiger partial charge in [-0.3, -0.25) is 0 Å². The van der Waals surface area contributed by atoms with Crippen LogP contribution in [0.2, 0.25) is 0 Å². The Morgan fingerprint density at radius 3 is 2.83 bits per heavy atom. The molecule has 2 amide bonds. The van der Waals surface area contributed by atoms with Crippen LogP contribution in [0.25, 0.3) is 5.69 Å². The van der Waals surface area contributed by atoms with Crippen LogP contribution in [0.4, 0.5) is 10.5 Å². The first kappa shape index (κ1) is 16.5. The molecule has 2 rings (SSSR count). The molecule has 0 saturated carbocycles. The van der Waals surface area contributed by atoms with Crippen LogP contribution in [0.3, 0.4) is 0 Å². The first-order valence-electron chi connectivity index (χ1n) is 7.52. The number of benzene rings is 1. The zero-order chi connectivity index (χ0) is 16.7.